The molecule has 3 aromatic rings. The maximum atomic E-state index is 11.9. The summed E-state index contributed by atoms with van der Waals surface area (Å²) in [6.07, 6.45) is 7.02. The molecule has 2 heterocycles. The molecular formula is C19H16N2OS2. The number of amides is 1. The smallest absolute Gasteiger partial charge is 0.248 e. The van der Waals surface area contributed by atoms with Gasteiger partial charge in [0.2, 0.25) is 5.91 Å². The Balaban J connectivity index is 1.51. The molecular weight excluding hydrogens is 336 g/mol. The van der Waals surface area contributed by atoms with Gasteiger partial charge in [-0.2, -0.15) is 0 Å². The third kappa shape index (κ3) is 5.08. The van der Waals surface area contributed by atoms with Crippen LogP contribution in [0.2, 0.25) is 0 Å². The van der Waals surface area contributed by atoms with Crippen molar-refractivity contribution >= 4 is 40.8 Å². The lowest BCUT2D eigenvalue weighted by Gasteiger charge is -2.05. The molecule has 24 heavy (non-hydrogen) atoms. The summed E-state index contributed by atoms with van der Waals surface area (Å²) in [6.45, 7) is 0. The van der Waals surface area contributed by atoms with Crippen LogP contribution in [0.3, 0.4) is 0 Å². The third-order valence-electron chi connectivity index (χ3n) is 3.19. The van der Waals surface area contributed by atoms with E-state index < -0.39 is 0 Å². The van der Waals surface area contributed by atoms with E-state index in [0.29, 0.717) is 0 Å². The summed E-state index contributed by atoms with van der Waals surface area (Å²) in [5.41, 5.74) is 1.99. The van der Waals surface area contributed by atoms with Crippen LogP contribution < -0.4 is 5.32 Å². The molecule has 0 aliphatic rings. The van der Waals surface area contributed by atoms with E-state index in [0.717, 1.165) is 21.2 Å². The average molecular weight is 352 g/mol. The van der Waals surface area contributed by atoms with Crippen LogP contribution in [0.5, 0.6) is 0 Å². The first-order valence-electron chi connectivity index (χ1n) is 7.44. The Morgan fingerprint density at radius 1 is 1.17 bits per heavy atom. The summed E-state index contributed by atoms with van der Waals surface area (Å²) in [4.78, 5) is 18.2. The maximum absolute atomic E-state index is 11.9. The van der Waals surface area contributed by atoms with Gasteiger partial charge < -0.3 is 5.32 Å². The monoisotopic (exact) mass is 352 g/mol. The summed E-state index contributed by atoms with van der Waals surface area (Å²) in [5, 5.41) is 4.85. The van der Waals surface area contributed by atoms with Crippen LogP contribution in [0.1, 0.15) is 10.4 Å². The molecule has 0 saturated carbocycles. The highest BCUT2D eigenvalue weighted by Crippen LogP contribution is 2.24. The van der Waals surface area contributed by atoms with Gasteiger partial charge in [-0.15, -0.1) is 23.1 Å². The van der Waals surface area contributed by atoms with E-state index in [-0.39, 0.29) is 5.91 Å². The number of thiophene rings is 1. The van der Waals surface area contributed by atoms with Crippen molar-refractivity contribution in [2.45, 2.75) is 10.6 Å². The van der Waals surface area contributed by atoms with Crippen LogP contribution in [0.15, 0.2) is 77.3 Å². The SMILES string of the molecule is O=C(/C=C/c1cccs1)Nc1ccc(SCc2cccnc2)cc1. The Bertz CT molecular complexity index is 797. The molecule has 0 aliphatic heterocycles. The minimum absolute atomic E-state index is 0.126. The molecule has 3 nitrogen and oxygen atoms in total. The Morgan fingerprint density at radius 3 is 2.75 bits per heavy atom. The van der Waals surface area contributed by atoms with Gasteiger partial charge in [-0.3, -0.25) is 9.78 Å². The molecule has 0 radical (unpaired) electrons. The topological polar surface area (TPSA) is 42.0 Å². The lowest BCUT2D eigenvalue weighted by atomic mass is 10.3. The number of rotatable bonds is 6. The second-order valence-electron chi connectivity index (χ2n) is 5.01. The number of pyridine rings is 1. The molecule has 0 aliphatic carbocycles. The first-order chi connectivity index (χ1) is 11.8. The second-order valence-corrected chi connectivity index (χ2v) is 7.04. The highest BCUT2D eigenvalue weighted by molar-refractivity contribution is 7.98. The van der Waals surface area contributed by atoms with Gasteiger partial charge in [0.25, 0.3) is 0 Å². The van der Waals surface area contributed by atoms with Gasteiger partial charge in [-0.05, 0) is 53.4 Å². The third-order valence-corrected chi connectivity index (χ3v) is 5.11. The van der Waals surface area contributed by atoms with Crippen molar-refractivity contribution in [3.63, 3.8) is 0 Å². The number of benzene rings is 1. The second kappa shape index (κ2) is 8.47. The molecule has 1 N–H and O–H groups in total. The van der Waals surface area contributed by atoms with Crippen molar-refractivity contribution < 1.29 is 4.79 Å². The van der Waals surface area contributed by atoms with Gasteiger partial charge in [-0.1, -0.05) is 12.1 Å². The number of anilines is 1. The maximum Gasteiger partial charge on any atom is 0.248 e. The van der Waals surface area contributed by atoms with Crippen molar-refractivity contribution in [1.82, 2.24) is 4.98 Å². The summed E-state index contributed by atoms with van der Waals surface area (Å²) >= 11 is 3.35. The minimum atomic E-state index is -0.126. The van der Waals surface area contributed by atoms with Crippen LogP contribution in [-0.2, 0) is 10.5 Å². The molecule has 0 atom stereocenters. The fourth-order valence-electron chi connectivity index (χ4n) is 2.01. The van der Waals surface area contributed by atoms with E-state index in [1.165, 1.54) is 5.56 Å². The molecule has 0 fully saturated rings. The number of aromatic nitrogens is 1. The fourth-order valence-corrected chi connectivity index (χ4v) is 3.46. The summed E-state index contributed by atoms with van der Waals surface area (Å²) < 4.78 is 0. The van der Waals surface area contributed by atoms with Gasteiger partial charge in [-0.25, -0.2) is 0 Å². The number of nitrogens with zero attached hydrogens (tertiary/aromatic N) is 1. The van der Waals surface area contributed by atoms with E-state index in [2.05, 4.69) is 16.4 Å². The highest BCUT2D eigenvalue weighted by Gasteiger charge is 2.00. The van der Waals surface area contributed by atoms with Crippen LogP contribution in [-0.4, -0.2) is 10.9 Å². The molecule has 0 bridgehead atoms. The van der Waals surface area contributed by atoms with Crippen molar-refractivity contribution in [2.75, 3.05) is 5.32 Å². The number of thioether (sulfide) groups is 1. The van der Waals surface area contributed by atoms with E-state index >= 15 is 0 Å². The zero-order chi connectivity index (χ0) is 16.6. The summed E-state index contributed by atoms with van der Waals surface area (Å²) in [6, 6.07) is 15.8. The van der Waals surface area contributed by atoms with Gasteiger partial charge in [0, 0.05) is 39.7 Å². The molecule has 1 amide bonds. The molecule has 0 spiro atoms. The van der Waals surface area contributed by atoms with Crippen molar-refractivity contribution in [3.8, 4) is 0 Å². The van der Waals surface area contributed by atoms with Gasteiger partial charge in [0.1, 0.15) is 0 Å². The van der Waals surface area contributed by atoms with Crippen molar-refractivity contribution in [3.05, 3.63) is 82.8 Å². The zero-order valence-electron chi connectivity index (χ0n) is 12.9. The Labute approximate surface area is 149 Å². The number of carbonyl (C=O) groups is 1. The normalized spacial score (nSPS) is 10.8. The first kappa shape index (κ1) is 16.5. The van der Waals surface area contributed by atoms with E-state index in [9.17, 15) is 4.79 Å². The number of carbonyl (C=O) groups excluding carboxylic acids is 1. The molecule has 1 aromatic carbocycles. The lowest BCUT2D eigenvalue weighted by Crippen LogP contribution is -2.07. The average Bonchev–Trinajstić information content (AvgIpc) is 3.14. The number of nitrogens with one attached hydrogen (secondary N) is 1. The molecule has 0 unspecified atom stereocenters. The lowest BCUT2D eigenvalue weighted by molar-refractivity contribution is -0.111. The van der Waals surface area contributed by atoms with Gasteiger partial charge in [0.05, 0.1) is 0 Å². The van der Waals surface area contributed by atoms with Crippen LogP contribution >= 0.6 is 23.1 Å². The first-order valence-corrected chi connectivity index (χ1v) is 9.30. The minimum Gasteiger partial charge on any atom is -0.323 e. The van der Waals surface area contributed by atoms with Crippen molar-refractivity contribution in [2.24, 2.45) is 0 Å². The Kier molecular flexibility index (Phi) is 5.82. The fraction of sp³-hybridized carbons (Fsp3) is 0.0526. The summed E-state index contributed by atoms with van der Waals surface area (Å²) in [5.74, 6) is 0.752. The predicted molar refractivity (Wildman–Crippen MR) is 102 cm³/mol. The quantitative estimate of drug-likeness (QED) is 0.496. The molecule has 120 valence electrons. The molecule has 5 heteroatoms. The highest BCUT2D eigenvalue weighted by atomic mass is 32.2. The largest absolute Gasteiger partial charge is 0.323 e. The number of hydrogen-bond acceptors (Lipinski definition) is 4. The standard InChI is InChI=1S/C19H16N2OS2/c22-19(10-9-17-4-2-12-23-17)21-16-5-7-18(8-6-16)24-14-15-3-1-11-20-13-15/h1-13H,14H2,(H,21,22)/b10-9+. The van der Waals surface area contributed by atoms with Gasteiger partial charge >= 0.3 is 0 Å². The Morgan fingerprint density at radius 2 is 2.04 bits per heavy atom. The van der Waals surface area contributed by atoms with E-state index in [4.69, 9.17) is 0 Å². The van der Waals surface area contributed by atoms with Crippen molar-refractivity contribution in [1.29, 1.82) is 0 Å². The number of hydrogen-bond donors (Lipinski definition) is 1. The zero-order valence-corrected chi connectivity index (χ0v) is 14.5. The summed E-state index contributed by atoms with van der Waals surface area (Å²) in [7, 11) is 0. The van der Waals surface area contributed by atoms with Crippen LogP contribution in [0, 0.1) is 0 Å². The van der Waals surface area contributed by atoms with Gasteiger partial charge in [0.15, 0.2) is 0 Å². The van der Waals surface area contributed by atoms with E-state index in [1.807, 2.05) is 60.1 Å². The Hall–Kier alpha value is -2.37. The predicted octanol–water partition coefficient (Wildman–Crippen LogP) is 5.09. The molecule has 3 rings (SSSR count). The molecule has 2 aromatic heterocycles. The van der Waals surface area contributed by atoms with E-state index in [1.54, 1.807) is 35.4 Å². The molecule has 0 saturated heterocycles. The van der Waals surface area contributed by atoms with Crippen LogP contribution in [0.25, 0.3) is 6.08 Å². The van der Waals surface area contributed by atoms with Crippen LogP contribution in [0.4, 0.5) is 5.69 Å².